The minimum absolute atomic E-state index is 0.0635. The number of benzene rings is 1. The van der Waals surface area contributed by atoms with Gasteiger partial charge in [0.05, 0.1) is 29.5 Å². The van der Waals surface area contributed by atoms with Crippen LogP contribution in [0.5, 0.6) is 0 Å². The van der Waals surface area contributed by atoms with Gasteiger partial charge in [-0.05, 0) is 51.0 Å². The molecule has 0 saturated heterocycles. The second-order valence-electron chi connectivity index (χ2n) is 8.29. The van der Waals surface area contributed by atoms with Crippen LogP contribution < -0.4 is 10.2 Å². The zero-order valence-electron chi connectivity index (χ0n) is 17.7. The minimum atomic E-state index is -0.603. The summed E-state index contributed by atoms with van der Waals surface area (Å²) in [5.41, 5.74) is 5.76. The van der Waals surface area contributed by atoms with Crippen LogP contribution in [-0.2, 0) is 28.6 Å². The van der Waals surface area contributed by atoms with E-state index in [1.807, 2.05) is 51.6 Å². The molecule has 0 bridgehead atoms. The van der Waals surface area contributed by atoms with Crippen LogP contribution in [0, 0.1) is 13.8 Å². The largest absolute Gasteiger partial charge is 0.326 e. The summed E-state index contributed by atoms with van der Waals surface area (Å²) in [5, 5.41) is 11.8. The van der Waals surface area contributed by atoms with E-state index in [0.29, 0.717) is 18.7 Å². The van der Waals surface area contributed by atoms with Gasteiger partial charge in [-0.1, -0.05) is 0 Å². The quantitative estimate of drug-likeness (QED) is 0.737. The first kappa shape index (κ1) is 19.2. The number of hydrogen-bond donors (Lipinski definition) is 1. The van der Waals surface area contributed by atoms with Gasteiger partial charge >= 0.3 is 0 Å². The molecule has 2 aromatic heterocycles. The fourth-order valence-corrected chi connectivity index (χ4v) is 4.32. The lowest BCUT2D eigenvalue weighted by Crippen LogP contribution is -2.33. The number of fused-ring (bicyclic) bond motifs is 2. The van der Waals surface area contributed by atoms with Crippen LogP contribution in [0.1, 0.15) is 37.1 Å². The smallest absolute Gasteiger partial charge is 0.236 e. The average molecular weight is 394 g/mol. The molecular formula is C21H26N6O2. The number of likely N-dealkylation sites (N-methyl/N-ethyl adjacent to an activating group) is 1. The number of hydrogen-bond acceptors (Lipinski definition) is 4. The van der Waals surface area contributed by atoms with Crippen LogP contribution in [0.15, 0.2) is 18.3 Å². The Balaban J connectivity index is 1.51. The summed E-state index contributed by atoms with van der Waals surface area (Å²) in [6.45, 7) is 8.21. The second-order valence-corrected chi connectivity index (χ2v) is 8.29. The fourth-order valence-electron chi connectivity index (χ4n) is 4.32. The van der Waals surface area contributed by atoms with Gasteiger partial charge in [-0.2, -0.15) is 10.2 Å². The Morgan fingerprint density at radius 2 is 1.93 bits per heavy atom. The molecular weight excluding hydrogens is 368 g/mol. The number of amides is 2. The van der Waals surface area contributed by atoms with E-state index < -0.39 is 5.41 Å². The number of nitrogens with one attached hydrogen (secondary N) is 1. The van der Waals surface area contributed by atoms with Crippen molar-refractivity contribution < 1.29 is 9.59 Å². The number of nitrogens with zero attached hydrogens (tertiary/aromatic N) is 5. The average Bonchev–Trinajstić information content (AvgIpc) is 3.24. The zero-order chi connectivity index (χ0) is 21.1. The Hall–Kier alpha value is -3.16. The predicted octanol–water partition coefficient (Wildman–Crippen LogP) is 2.67. The number of aryl methyl sites for hydroxylation is 4. The molecule has 1 aromatic carbocycles. The summed E-state index contributed by atoms with van der Waals surface area (Å²) in [4.78, 5) is 26.9. The summed E-state index contributed by atoms with van der Waals surface area (Å²) < 4.78 is 3.61. The predicted molar refractivity (Wildman–Crippen MR) is 112 cm³/mol. The molecule has 0 saturated carbocycles. The molecule has 0 fully saturated rings. The molecule has 0 atom stereocenters. The number of carbonyl (C=O) groups excluding carboxylic acids is 2. The molecule has 8 heteroatoms. The molecule has 0 unspecified atom stereocenters. The zero-order valence-corrected chi connectivity index (χ0v) is 17.7. The second kappa shape index (κ2) is 6.43. The van der Waals surface area contributed by atoms with Gasteiger partial charge < -0.3 is 10.2 Å². The van der Waals surface area contributed by atoms with Gasteiger partial charge in [0.2, 0.25) is 11.8 Å². The van der Waals surface area contributed by atoms with E-state index in [2.05, 4.69) is 15.5 Å². The number of anilines is 2. The molecule has 3 aromatic rings. The lowest BCUT2D eigenvalue weighted by atomic mass is 9.85. The third-order valence-corrected chi connectivity index (χ3v) is 5.79. The first-order chi connectivity index (χ1) is 13.6. The van der Waals surface area contributed by atoms with Gasteiger partial charge in [-0.25, -0.2) is 0 Å². The molecule has 1 N–H and O–H groups in total. The lowest BCUT2D eigenvalue weighted by molar-refractivity contribution is -0.121. The standard InChI is InChI=1S/C21H26N6O2/c1-12-9-14(10-15-18(12)25(5)20(29)21(15,3)4)23-17(28)7-8-27-19-13(2)24-26(6)16(19)11-22-27/h9-11H,7-8H2,1-6H3,(H,23,28). The van der Waals surface area contributed by atoms with Gasteiger partial charge in [-0.15, -0.1) is 0 Å². The van der Waals surface area contributed by atoms with Crippen LogP contribution in [0.3, 0.4) is 0 Å². The third kappa shape index (κ3) is 2.90. The molecule has 2 amide bonds. The molecule has 0 aliphatic carbocycles. The maximum absolute atomic E-state index is 12.6. The van der Waals surface area contributed by atoms with Gasteiger partial charge in [0.25, 0.3) is 0 Å². The SMILES string of the molecule is Cc1cc(NC(=O)CCn2ncc3c2c(C)nn3C)cc2c1N(C)C(=O)C2(C)C. The molecule has 1 aliphatic heterocycles. The van der Waals surface area contributed by atoms with Crippen molar-refractivity contribution in [3.8, 4) is 0 Å². The Bertz CT molecular complexity index is 1150. The molecule has 152 valence electrons. The summed E-state index contributed by atoms with van der Waals surface area (Å²) >= 11 is 0. The van der Waals surface area contributed by atoms with Crippen molar-refractivity contribution in [3.05, 3.63) is 35.2 Å². The van der Waals surface area contributed by atoms with Crippen molar-refractivity contribution in [2.75, 3.05) is 17.3 Å². The molecule has 8 nitrogen and oxygen atoms in total. The number of rotatable bonds is 4. The third-order valence-electron chi connectivity index (χ3n) is 5.79. The highest BCUT2D eigenvalue weighted by molar-refractivity contribution is 6.08. The maximum Gasteiger partial charge on any atom is 0.236 e. The monoisotopic (exact) mass is 394 g/mol. The Morgan fingerprint density at radius 3 is 2.66 bits per heavy atom. The topological polar surface area (TPSA) is 85.1 Å². The van der Waals surface area contributed by atoms with Gasteiger partial charge in [0, 0.05) is 26.2 Å². The van der Waals surface area contributed by atoms with Gasteiger partial charge in [0.15, 0.2) is 0 Å². The molecule has 3 heterocycles. The van der Waals surface area contributed by atoms with Gasteiger partial charge in [-0.3, -0.25) is 19.0 Å². The van der Waals surface area contributed by atoms with E-state index in [1.165, 1.54) is 0 Å². The summed E-state index contributed by atoms with van der Waals surface area (Å²) in [6, 6.07) is 3.83. The van der Waals surface area contributed by atoms with Crippen LogP contribution in [-0.4, -0.2) is 38.4 Å². The van der Waals surface area contributed by atoms with E-state index in [1.54, 1.807) is 22.8 Å². The van der Waals surface area contributed by atoms with Crippen molar-refractivity contribution >= 4 is 34.2 Å². The van der Waals surface area contributed by atoms with Crippen molar-refractivity contribution in [1.29, 1.82) is 0 Å². The van der Waals surface area contributed by atoms with E-state index in [0.717, 1.165) is 33.5 Å². The Labute approximate surface area is 169 Å². The normalized spacial score (nSPS) is 15.2. The van der Waals surface area contributed by atoms with E-state index in [4.69, 9.17) is 0 Å². The van der Waals surface area contributed by atoms with E-state index in [-0.39, 0.29) is 11.8 Å². The lowest BCUT2D eigenvalue weighted by Gasteiger charge is -2.17. The summed E-state index contributed by atoms with van der Waals surface area (Å²) in [6.07, 6.45) is 2.07. The van der Waals surface area contributed by atoms with E-state index in [9.17, 15) is 9.59 Å². The van der Waals surface area contributed by atoms with Gasteiger partial charge in [0.1, 0.15) is 11.0 Å². The van der Waals surface area contributed by atoms with Crippen molar-refractivity contribution in [2.24, 2.45) is 7.05 Å². The van der Waals surface area contributed by atoms with Crippen LogP contribution in [0.25, 0.3) is 11.0 Å². The van der Waals surface area contributed by atoms with Crippen LogP contribution >= 0.6 is 0 Å². The molecule has 0 radical (unpaired) electrons. The first-order valence-corrected chi connectivity index (χ1v) is 9.69. The van der Waals surface area contributed by atoms with Crippen LogP contribution in [0.4, 0.5) is 11.4 Å². The molecule has 4 rings (SSSR count). The maximum atomic E-state index is 12.6. The molecule has 0 spiro atoms. The minimum Gasteiger partial charge on any atom is -0.326 e. The van der Waals surface area contributed by atoms with E-state index >= 15 is 0 Å². The van der Waals surface area contributed by atoms with Crippen LogP contribution in [0.2, 0.25) is 0 Å². The van der Waals surface area contributed by atoms with Crippen molar-refractivity contribution in [2.45, 2.75) is 46.1 Å². The highest BCUT2D eigenvalue weighted by Crippen LogP contribution is 2.44. The molecule has 1 aliphatic rings. The summed E-state index contributed by atoms with van der Waals surface area (Å²) in [7, 11) is 3.68. The number of aromatic nitrogens is 4. The Morgan fingerprint density at radius 1 is 1.21 bits per heavy atom. The van der Waals surface area contributed by atoms with Crippen molar-refractivity contribution in [3.63, 3.8) is 0 Å². The number of carbonyl (C=O) groups is 2. The first-order valence-electron chi connectivity index (χ1n) is 9.69. The summed E-state index contributed by atoms with van der Waals surface area (Å²) in [5.74, 6) is -0.0290. The highest BCUT2D eigenvalue weighted by atomic mass is 16.2. The van der Waals surface area contributed by atoms with Crippen molar-refractivity contribution in [1.82, 2.24) is 19.6 Å². The highest BCUT2D eigenvalue weighted by Gasteiger charge is 2.43. The fraction of sp³-hybridized carbons (Fsp3) is 0.429. The molecule has 29 heavy (non-hydrogen) atoms. The Kier molecular flexibility index (Phi) is 4.25.